The van der Waals surface area contributed by atoms with Crippen LogP contribution in [0.5, 0.6) is 0 Å². The lowest BCUT2D eigenvalue weighted by Gasteiger charge is -2.40. The van der Waals surface area contributed by atoms with Crippen molar-refractivity contribution in [2.45, 2.75) is 89.3 Å². The zero-order chi connectivity index (χ0) is 18.6. The van der Waals surface area contributed by atoms with Gasteiger partial charge in [-0.25, -0.2) is 0 Å². The Bertz CT molecular complexity index is 557. The molecule has 1 saturated carbocycles. The molecular weight excluding hydrogens is 340 g/mol. The highest BCUT2D eigenvalue weighted by atomic mass is 28.3. The third kappa shape index (κ3) is 3.63. The Labute approximate surface area is 156 Å². The highest BCUT2D eigenvalue weighted by Crippen LogP contribution is 2.60. The van der Waals surface area contributed by atoms with E-state index in [4.69, 9.17) is 4.74 Å². The van der Waals surface area contributed by atoms with Gasteiger partial charge in [0.25, 0.3) is 0 Å². The van der Waals surface area contributed by atoms with Crippen molar-refractivity contribution in [3.05, 3.63) is 12.2 Å². The van der Waals surface area contributed by atoms with Crippen LogP contribution in [0.4, 0.5) is 0 Å². The van der Waals surface area contributed by atoms with E-state index < -0.39 is 16.1 Å². The first-order valence-electron chi connectivity index (χ1n) is 10.4. The number of unbranched alkanes of at least 4 members (excludes halogenated alkanes) is 1. The van der Waals surface area contributed by atoms with Gasteiger partial charge in [0.2, 0.25) is 0 Å². The molecule has 25 heavy (non-hydrogen) atoms. The van der Waals surface area contributed by atoms with E-state index in [-0.39, 0.29) is 23.5 Å². The van der Waals surface area contributed by atoms with Crippen molar-refractivity contribution >= 4 is 21.9 Å². The quantitative estimate of drug-likeness (QED) is 0.425. The van der Waals surface area contributed by atoms with Crippen molar-refractivity contribution in [3.63, 3.8) is 0 Å². The van der Waals surface area contributed by atoms with Gasteiger partial charge in [-0.2, -0.15) is 0 Å². The van der Waals surface area contributed by atoms with Crippen molar-refractivity contribution in [1.82, 2.24) is 0 Å². The smallest absolute Gasteiger partial charge is 0.145 e. The summed E-state index contributed by atoms with van der Waals surface area (Å²) < 4.78 is 6.63. The van der Waals surface area contributed by atoms with Gasteiger partial charge in [0.15, 0.2) is 0 Å². The van der Waals surface area contributed by atoms with Crippen molar-refractivity contribution in [2.75, 3.05) is 0 Å². The third-order valence-corrected chi connectivity index (χ3v) is 9.89. The maximum atomic E-state index is 13.5. The Kier molecular flexibility index (Phi) is 5.05. The lowest BCUT2D eigenvalue weighted by molar-refractivity contribution is -0.155. The molecule has 0 unspecified atom stereocenters. The minimum absolute atomic E-state index is 0.0635. The summed E-state index contributed by atoms with van der Waals surface area (Å²) in [4.78, 5) is 13.5. The van der Waals surface area contributed by atoms with Gasteiger partial charge in [0.05, 0.1) is 23.5 Å². The number of hydrogen-bond acceptors (Lipinski definition) is 2. The van der Waals surface area contributed by atoms with Gasteiger partial charge in [0.1, 0.15) is 5.78 Å². The highest BCUT2D eigenvalue weighted by Gasteiger charge is 2.66. The molecule has 142 valence electrons. The highest BCUT2D eigenvalue weighted by molar-refractivity contribution is 6.76. The number of hydrogen-bond donors (Lipinski definition) is 0. The van der Waals surface area contributed by atoms with Crippen molar-refractivity contribution in [1.29, 1.82) is 0 Å². The van der Waals surface area contributed by atoms with E-state index in [2.05, 4.69) is 58.4 Å². The molecular formula is C21H38O2Si2. The first-order valence-corrected chi connectivity index (χ1v) is 17.8. The minimum atomic E-state index is -1.24. The number of rotatable bonds is 7. The fourth-order valence-corrected chi connectivity index (χ4v) is 9.75. The van der Waals surface area contributed by atoms with E-state index in [0.717, 1.165) is 12.8 Å². The molecule has 4 heteroatoms. The van der Waals surface area contributed by atoms with E-state index >= 15 is 0 Å². The van der Waals surface area contributed by atoms with Gasteiger partial charge in [0, 0.05) is 16.1 Å². The molecule has 0 amide bonds. The molecule has 2 nitrogen and oxygen atoms in total. The standard InChI is InChI=1S/C21H38O2Si2/c1-8-9-11-21-12-10-17(23-21)18-15(13-24(2,3)4)16(14-25(5,6)7)19(21)20(18)22/h10,12,15-19H,8-9,11,13-14H2,1-7H3/t15-,16+,17-,18-,19-,21+/m1/s1. The molecule has 6 atom stereocenters. The van der Waals surface area contributed by atoms with Gasteiger partial charge in [-0.05, 0) is 18.3 Å². The molecule has 1 saturated heterocycles. The van der Waals surface area contributed by atoms with Crippen LogP contribution in [0.25, 0.3) is 0 Å². The molecule has 2 fully saturated rings. The number of carbonyl (C=O) groups is 1. The molecule has 3 aliphatic rings. The number of Topliss-reactive ketones (excluding diaryl/α,β-unsaturated/α-hetero) is 1. The number of ketones is 1. The largest absolute Gasteiger partial charge is 0.362 e. The second-order valence-electron chi connectivity index (χ2n) is 11.3. The third-order valence-electron chi connectivity index (χ3n) is 6.50. The monoisotopic (exact) mass is 378 g/mol. The average Bonchev–Trinajstić information content (AvgIpc) is 2.89. The molecule has 0 aromatic rings. The normalized spacial score (nSPS) is 40.1. The van der Waals surface area contributed by atoms with Crippen LogP contribution in [0.1, 0.15) is 26.2 Å². The van der Waals surface area contributed by atoms with Gasteiger partial charge in [-0.3, -0.25) is 4.79 Å². The summed E-state index contributed by atoms with van der Waals surface area (Å²) in [5.41, 5.74) is -0.271. The Balaban J connectivity index is 1.99. The Hall–Kier alpha value is -0.196. The maximum absolute atomic E-state index is 13.5. The number of fused-ring (bicyclic) bond motifs is 6. The fraction of sp³-hybridized carbons (Fsp3) is 0.857. The lowest BCUT2D eigenvalue weighted by Crippen LogP contribution is -2.49. The Morgan fingerprint density at radius 2 is 1.64 bits per heavy atom. The van der Waals surface area contributed by atoms with Gasteiger partial charge in [-0.1, -0.05) is 83.3 Å². The van der Waals surface area contributed by atoms with Crippen molar-refractivity contribution < 1.29 is 9.53 Å². The molecule has 0 radical (unpaired) electrons. The van der Waals surface area contributed by atoms with Crippen LogP contribution in [0.15, 0.2) is 12.2 Å². The molecule has 3 rings (SSSR count). The number of ether oxygens (including phenoxy) is 1. The second-order valence-corrected chi connectivity index (χ2v) is 22.3. The van der Waals surface area contributed by atoms with Crippen LogP contribution in [0.3, 0.4) is 0 Å². The predicted octanol–water partition coefficient (Wildman–Crippen LogP) is 5.61. The molecule has 0 N–H and O–H groups in total. The van der Waals surface area contributed by atoms with Crippen molar-refractivity contribution in [3.8, 4) is 0 Å². The molecule has 2 aliphatic heterocycles. The first-order chi connectivity index (χ1) is 11.5. The summed E-state index contributed by atoms with van der Waals surface area (Å²) in [6.07, 6.45) is 7.97. The molecule has 2 heterocycles. The van der Waals surface area contributed by atoms with Gasteiger partial charge in [-0.15, -0.1) is 0 Å². The zero-order valence-corrected chi connectivity index (χ0v) is 19.4. The van der Waals surface area contributed by atoms with Crippen LogP contribution in [0, 0.1) is 23.7 Å². The summed E-state index contributed by atoms with van der Waals surface area (Å²) >= 11 is 0. The van der Waals surface area contributed by atoms with E-state index in [1.165, 1.54) is 18.5 Å². The number of carbonyl (C=O) groups excluding carboxylic acids is 1. The summed E-state index contributed by atoms with van der Waals surface area (Å²) in [6, 6.07) is 2.57. The predicted molar refractivity (Wildman–Crippen MR) is 112 cm³/mol. The van der Waals surface area contributed by atoms with Crippen LogP contribution in [-0.2, 0) is 9.53 Å². The van der Waals surface area contributed by atoms with Crippen LogP contribution < -0.4 is 0 Å². The lowest BCUT2D eigenvalue weighted by atomic mass is 9.76. The molecule has 4 bridgehead atoms. The summed E-state index contributed by atoms with van der Waals surface area (Å²) in [5, 5.41) is 0. The Morgan fingerprint density at radius 3 is 2.20 bits per heavy atom. The second kappa shape index (κ2) is 6.45. The Morgan fingerprint density at radius 1 is 1.04 bits per heavy atom. The van der Waals surface area contributed by atoms with Crippen LogP contribution in [0.2, 0.25) is 51.4 Å². The summed E-state index contributed by atoms with van der Waals surface area (Å²) in [6.45, 7) is 17.0. The topological polar surface area (TPSA) is 26.3 Å². The van der Waals surface area contributed by atoms with Gasteiger partial charge < -0.3 is 4.74 Å². The molecule has 0 aromatic heterocycles. The maximum Gasteiger partial charge on any atom is 0.145 e. The van der Waals surface area contributed by atoms with Crippen LogP contribution in [-0.4, -0.2) is 33.6 Å². The summed E-state index contributed by atoms with van der Waals surface area (Å²) in [5.74, 6) is 1.96. The van der Waals surface area contributed by atoms with Gasteiger partial charge >= 0.3 is 0 Å². The minimum Gasteiger partial charge on any atom is -0.362 e. The molecule has 0 aromatic carbocycles. The van der Waals surface area contributed by atoms with E-state index in [1.54, 1.807) is 0 Å². The first kappa shape index (κ1) is 19.6. The van der Waals surface area contributed by atoms with E-state index in [0.29, 0.717) is 17.6 Å². The van der Waals surface area contributed by atoms with E-state index in [1.807, 2.05) is 0 Å². The van der Waals surface area contributed by atoms with Crippen LogP contribution >= 0.6 is 0 Å². The zero-order valence-electron chi connectivity index (χ0n) is 17.4. The average molecular weight is 379 g/mol. The molecule has 1 aliphatic carbocycles. The van der Waals surface area contributed by atoms with Crippen molar-refractivity contribution in [2.24, 2.45) is 23.7 Å². The SMILES string of the molecule is CCCC[C@@]12C=C[C@@H](O1)[C@@H]1C(=O)[C@H]2[C@@H](C[Si](C)(C)C)[C@H]1C[Si](C)(C)C. The summed E-state index contributed by atoms with van der Waals surface area (Å²) in [7, 11) is -2.46. The fourth-order valence-electron chi connectivity index (χ4n) is 5.82. The molecule has 0 spiro atoms. The van der Waals surface area contributed by atoms with E-state index in [9.17, 15) is 4.79 Å².